The molecule has 1 aromatic heterocycles. The molecular weight excluding hydrogens is 416 g/mol. The number of carbonyl (C=O) groups excluding carboxylic acids is 1. The third-order valence-electron chi connectivity index (χ3n) is 6.21. The molecule has 6 heteroatoms. The van der Waals surface area contributed by atoms with E-state index in [1.165, 1.54) is 11.6 Å². The van der Waals surface area contributed by atoms with E-state index in [1.807, 2.05) is 13.0 Å². The lowest BCUT2D eigenvalue weighted by atomic mass is 9.86. The Hall–Kier alpha value is -2.96. The number of hydrogen-bond donors (Lipinski definition) is 1. The fourth-order valence-electron chi connectivity index (χ4n) is 4.21. The van der Waals surface area contributed by atoms with E-state index in [-0.39, 0.29) is 28.6 Å². The standard InChI is InChI=1S/C27H32N2O4/c1-18-5-10-24-21(15-18)23(30)16-25(33-24)26(31)28-17-22(29-11-13-32-14-12-29)19-6-8-20(9-7-19)27(2,3)4/h5-10,15-16,22H,11-14,17H2,1-4H3,(H,28,31)/t22-/m1/s1. The highest BCUT2D eigenvalue weighted by Gasteiger charge is 2.25. The molecule has 2 heterocycles. The highest BCUT2D eigenvalue weighted by atomic mass is 16.5. The summed E-state index contributed by atoms with van der Waals surface area (Å²) in [5.41, 5.74) is 3.66. The van der Waals surface area contributed by atoms with Gasteiger partial charge in [0.15, 0.2) is 11.2 Å². The van der Waals surface area contributed by atoms with Gasteiger partial charge in [0, 0.05) is 25.7 Å². The number of aryl methyl sites for hydroxylation is 1. The minimum Gasteiger partial charge on any atom is -0.451 e. The molecule has 1 atom stereocenters. The Bertz CT molecular complexity index is 1190. The van der Waals surface area contributed by atoms with Crippen LogP contribution in [-0.2, 0) is 10.2 Å². The lowest BCUT2D eigenvalue weighted by Gasteiger charge is -2.35. The Balaban J connectivity index is 1.55. The van der Waals surface area contributed by atoms with Gasteiger partial charge < -0.3 is 14.5 Å². The number of fused-ring (bicyclic) bond motifs is 1. The van der Waals surface area contributed by atoms with Gasteiger partial charge >= 0.3 is 0 Å². The second-order valence-corrected chi connectivity index (χ2v) is 9.72. The van der Waals surface area contributed by atoms with Gasteiger partial charge in [-0.2, -0.15) is 0 Å². The van der Waals surface area contributed by atoms with Crippen molar-refractivity contribution in [2.45, 2.75) is 39.2 Å². The topological polar surface area (TPSA) is 71.8 Å². The molecule has 1 fully saturated rings. The first-order valence-electron chi connectivity index (χ1n) is 11.5. The van der Waals surface area contributed by atoms with Gasteiger partial charge in [-0.1, -0.05) is 56.7 Å². The average Bonchev–Trinajstić information content (AvgIpc) is 2.80. The first-order chi connectivity index (χ1) is 15.7. The van der Waals surface area contributed by atoms with Crippen LogP contribution in [0.25, 0.3) is 11.0 Å². The van der Waals surface area contributed by atoms with E-state index in [1.54, 1.807) is 12.1 Å². The van der Waals surface area contributed by atoms with Crippen molar-refractivity contribution in [1.82, 2.24) is 10.2 Å². The first-order valence-corrected chi connectivity index (χ1v) is 11.5. The minimum absolute atomic E-state index is 0.00157. The van der Waals surface area contributed by atoms with Crippen molar-refractivity contribution in [2.75, 3.05) is 32.8 Å². The van der Waals surface area contributed by atoms with Crippen LogP contribution in [0, 0.1) is 6.92 Å². The van der Waals surface area contributed by atoms with Crippen LogP contribution < -0.4 is 10.7 Å². The molecule has 0 unspecified atom stereocenters. The van der Waals surface area contributed by atoms with Gasteiger partial charge in [0.25, 0.3) is 5.91 Å². The van der Waals surface area contributed by atoms with E-state index in [0.29, 0.717) is 30.7 Å². The van der Waals surface area contributed by atoms with Crippen molar-refractivity contribution in [3.8, 4) is 0 Å². The molecular formula is C27H32N2O4. The van der Waals surface area contributed by atoms with Gasteiger partial charge in [-0.25, -0.2) is 0 Å². The van der Waals surface area contributed by atoms with Crippen molar-refractivity contribution in [2.24, 2.45) is 0 Å². The van der Waals surface area contributed by atoms with Gasteiger partial charge in [0.05, 0.1) is 24.6 Å². The summed E-state index contributed by atoms with van der Waals surface area (Å²) in [6.07, 6.45) is 0. The summed E-state index contributed by atoms with van der Waals surface area (Å²) >= 11 is 0. The van der Waals surface area contributed by atoms with E-state index in [9.17, 15) is 9.59 Å². The van der Waals surface area contributed by atoms with Crippen LogP contribution in [0.2, 0.25) is 0 Å². The summed E-state index contributed by atoms with van der Waals surface area (Å²) < 4.78 is 11.3. The highest BCUT2D eigenvalue weighted by Crippen LogP contribution is 2.27. The van der Waals surface area contributed by atoms with E-state index in [4.69, 9.17) is 9.15 Å². The summed E-state index contributed by atoms with van der Waals surface area (Å²) in [6, 6.07) is 15.3. The lowest BCUT2D eigenvalue weighted by molar-refractivity contribution is 0.0161. The number of carbonyl (C=O) groups is 1. The fraction of sp³-hybridized carbons (Fsp3) is 0.407. The summed E-state index contributed by atoms with van der Waals surface area (Å²) in [5, 5.41) is 3.47. The second kappa shape index (κ2) is 9.49. The molecule has 174 valence electrons. The van der Waals surface area contributed by atoms with Crippen LogP contribution in [0.3, 0.4) is 0 Å². The van der Waals surface area contributed by atoms with Crippen molar-refractivity contribution in [3.05, 3.63) is 81.2 Å². The smallest absolute Gasteiger partial charge is 0.287 e. The van der Waals surface area contributed by atoms with Crippen LogP contribution in [0.5, 0.6) is 0 Å². The maximum Gasteiger partial charge on any atom is 0.287 e. The summed E-state index contributed by atoms with van der Waals surface area (Å²) in [7, 11) is 0. The maximum atomic E-state index is 12.9. The Morgan fingerprint density at radius 1 is 1.06 bits per heavy atom. The summed E-state index contributed by atoms with van der Waals surface area (Å²) in [5.74, 6) is -0.362. The van der Waals surface area contributed by atoms with Crippen LogP contribution in [0.1, 0.15) is 54.1 Å². The molecule has 1 aliphatic heterocycles. The van der Waals surface area contributed by atoms with E-state index in [2.05, 4.69) is 55.3 Å². The molecule has 3 aromatic rings. The number of amides is 1. The SMILES string of the molecule is Cc1ccc2oc(C(=O)NC[C@H](c3ccc(C(C)(C)C)cc3)N3CCOCC3)cc(=O)c2c1. The van der Waals surface area contributed by atoms with Crippen LogP contribution in [-0.4, -0.2) is 43.7 Å². The van der Waals surface area contributed by atoms with Gasteiger partial charge in [-0.05, 0) is 35.6 Å². The van der Waals surface area contributed by atoms with Crippen LogP contribution >= 0.6 is 0 Å². The molecule has 2 aromatic carbocycles. The van der Waals surface area contributed by atoms with Crippen LogP contribution in [0.4, 0.5) is 0 Å². The molecule has 1 N–H and O–H groups in total. The summed E-state index contributed by atoms with van der Waals surface area (Å²) in [6.45, 7) is 11.8. The van der Waals surface area contributed by atoms with E-state index in [0.717, 1.165) is 24.2 Å². The molecule has 1 aliphatic rings. The van der Waals surface area contributed by atoms with Gasteiger partial charge in [-0.15, -0.1) is 0 Å². The Kier molecular flexibility index (Phi) is 6.68. The highest BCUT2D eigenvalue weighted by molar-refractivity contribution is 5.93. The third-order valence-corrected chi connectivity index (χ3v) is 6.21. The Labute approximate surface area is 194 Å². The number of nitrogens with zero attached hydrogens (tertiary/aromatic N) is 1. The van der Waals surface area contributed by atoms with Gasteiger partial charge in [-0.3, -0.25) is 14.5 Å². The van der Waals surface area contributed by atoms with Crippen molar-refractivity contribution >= 4 is 16.9 Å². The van der Waals surface area contributed by atoms with Crippen molar-refractivity contribution < 1.29 is 13.9 Å². The average molecular weight is 449 g/mol. The molecule has 0 bridgehead atoms. The minimum atomic E-state index is -0.390. The molecule has 0 saturated carbocycles. The quantitative estimate of drug-likeness (QED) is 0.633. The lowest BCUT2D eigenvalue weighted by Crippen LogP contribution is -2.43. The van der Waals surface area contributed by atoms with Crippen LogP contribution in [0.15, 0.2) is 57.7 Å². The number of nitrogens with one attached hydrogen (secondary N) is 1. The normalized spacial score (nSPS) is 16.0. The number of hydrogen-bond acceptors (Lipinski definition) is 5. The van der Waals surface area contributed by atoms with E-state index >= 15 is 0 Å². The van der Waals surface area contributed by atoms with E-state index < -0.39 is 0 Å². The predicted octanol–water partition coefficient (Wildman–Crippen LogP) is 4.20. The molecule has 4 rings (SSSR count). The number of morpholine rings is 1. The Morgan fingerprint density at radius 3 is 2.42 bits per heavy atom. The third kappa shape index (κ3) is 5.34. The number of ether oxygens (including phenoxy) is 1. The molecule has 33 heavy (non-hydrogen) atoms. The molecule has 0 radical (unpaired) electrons. The van der Waals surface area contributed by atoms with Gasteiger partial charge in [0.2, 0.25) is 0 Å². The maximum absolute atomic E-state index is 12.9. The fourth-order valence-corrected chi connectivity index (χ4v) is 4.21. The summed E-state index contributed by atoms with van der Waals surface area (Å²) in [4.78, 5) is 27.8. The molecule has 0 spiro atoms. The second-order valence-electron chi connectivity index (χ2n) is 9.72. The zero-order valence-corrected chi connectivity index (χ0v) is 19.8. The first kappa shape index (κ1) is 23.2. The zero-order chi connectivity index (χ0) is 23.6. The monoisotopic (exact) mass is 448 g/mol. The molecule has 1 amide bonds. The van der Waals surface area contributed by atoms with Crippen molar-refractivity contribution in [3.63, 3.8) is 0 Å². The number of rotatable bonds is 5. The number of benzene rings is 2. The van der Waals surface area contributed by atoms with Crippen molar-refractivity contribution in [1.29, 1.82) is 0 Å². The largest absolute Gasteiger partial charge is 0.451 e. The predicted molar refractivity (Wildman–Crippen MR) is 130 cm³/mol. The zero-order valence-electron chi connectivity index (χ0n) is 19.8. The Morgan fingerprint density at radius 2 is 1.76 bits per heavy atom. The molecule has 6 nitrogen and oxygen atoms in total. The van der Waals surface area contributed by atoms with Gasteiger partial charge in [0.1, 0.15) is 5.58 Å². The molecule has 0 aliphatic carbocycles. The molecule has 1 saturated heterocycles.